The van der Waals surface area contributed by atoms with Gasteiger partial charge in [0.2, 0.25) is 5.91 Å². The fourth-order valence-corrected chi connectivity index (χ4v) is 2.39. The highest BCUT2D eigenvalue weighted by molar-refractivity contribution is 6.36. The molecule has 0 aliphatic carbocycles. The second kappa shape index (κ2) is 6.98. The van der Waals surface area contributed by atoms with E-state index in [2.05, 4.69) is 5.32 Å². The molecule has 0 saturated carbocycles. The fraction of sp³-hybridized carbons (Fsp3) is 0.462. The minimum atomic E-state index is -0.182. The molecule has 0 fully saturated rings. The maximum absolute atomic E-state index is 11.6. The highest BCUT2D eigenvalue weighted by atomic mass is 35.5. The van der Waals surface area contributed by atoms with Gasteiger partial charge in [0.1, 0.15) is 0 Å². The number of carbonyl (C=O) groups is 1. The van der Waals surface area contributed by atoms with Crippen molar-refractivity contribution in [2.45, 2.75) is 19.8 Å². The Morgan fingerprint density at radius 1 is 1.33 bits per heavy atom. The molecule has 0 radical (unpaired) electrons. The van der Waals surface area contributed by atoms with Crippen molar-refractivity contribution in [3.8, 4) is 0 Å². The Kier molecular flexibility index (Phi) is 5.93. The lowest BCUT2D eigenvalue weighted by Gasteiger charge is -2.17. The summed E-state index contributed by atoms with van der Waals surface area (Å²) >= 11 is 12.2. The summed E-state index contributed by atoms with van der Waals surface area (Å²) < 4.78 is 0. The maximum Gasteiger partial charge on any atom is 0.224 e. The van der Waals surface area contributed by atoms with Gasteiger partial charge in [-0.3, -0.25) is 4.79 Å². The van der Waals surface area contributed by atoms with Crippen LogP contribution in [0.2, 0.25) is 10.0 Å². The van der Waals surface area contributed by atoms with E-state index < -0.39 is 0 Å². The average Bonchev–Trinajstić information content (AvgIpc) is 2.34. The van der Waals surface area contributed by atoms with Gasteiger partial charge in [-0.1, -0.05) is 43.1 Å². The lowest BCUT2D eigenvalue weighted by atomic mass is 10.0. The molecule has 1 rings (SSSR count). The van der Waals surface area contributed by atoms with Crippen LogP contribution in [0.15, 0.2) is 18.2 Å². The van der Waals surface area contributed by atoms with Crippen molar-refractivity contribution >= 4 is 29.1 Å². The maximum atomic E-state index is 11.6. The summed E-state index contributed by atoms with van der Waals surface area (Å²) in [5, 5.41) is 4.09. The van der Waals surface area contributed by atoms with Crippen molar-refractivity contribution in [3.05, 3.63) is 33.8 Å². The van der Waals surface area contributed by atoms with Crippen LogP contribution >= 0.6 is 23.2 Å². The third-order valence-electron chi connectivity index (χ3n) is 2.88. The Morgan fingerprint density at radius 3 is 2.39 bits per heavy atom. The summed E-state index contributed by atoms with van der Waals surface area (Å²) in [6, 6.07) is 5.39. The Bertz CT molecular complexity index is 403. The third kappa shape index (κ3) is 3.87. The van der Waals surface area contributed by atoms with Gasteiger partial charge in [-0.2, -0.15) is 0 Å². The summed E-state index contributed by atoms with van der Waals surface area (Å²) in [6.07, 6.45) is 0. The standard InChI is InChI=1S/C13H18Cl2N2O/c1-8(6-16)13(18)17-7-9(2)12-10(14)4-3-5-11(12)15/h3-5,8-9H,6-7,16H2,1-2H3,(H,17,18). The SMILES string of the molecule is CC(CN)C(=O)NCC(C)c1c(Cl)cccc1Cl. The van der Waals surface area contributed by atoms with E-state index in [0.29, 0.717) is 23.1 Å². The molecule has 0 bridgehead atoms. The Balaban J connectivity index is 2.66. The molecule has 0 saturated heterocycles. The minimum Gasteiger partial charge on any atom is -0.355 e. The van der Waals surface area contributed by atoms with Crippen LogP contribution < -0.4 is 11.1 Å². The molecule has 1 amide bonds. The largest absolute Gasteiger partial charge is 0.355 e. The monoisotopic (exact) mass is 288 g/mol. The molecule has 0 spiro atoms. The highest BCUT2D eigenvalue weighted by Gasteiger charge is 2.16. The van der Waals surface area contributed by atoms with Gasteiger partial charge in [-0.05, 0) is 17.7 Å². The molecule has 18 heavy (non-hydrogen) atoms. The number of nitrogens with two attached hydrogens (primary N) is 1. The van der Waals surface area contributed by atoms with Crippen LogP contribution in [0.1, 0.15) is 25.3 Å². The molecule has 1 aromatic carbocycles. The van der Waals surface area contributed by atoms with E-state index >= 15 is 0 Å². The van der Waals surface area contributed by atoms with Gasteiger partial charge >= 0.3 is 0 Å². The molecular weight excluding hydrogens is 271 g/mol. The van der Waals surface area contributed by atoms with Crippen molar-refractivity contribution < 1.29 is 4.79 Å². The lowest BCUT2D eigenvalue weighted by molar-refractivity contribution is -0.124. The molecule has 0 heterocycles. The van der Waals surface area contributed by atoms with Crippen LogP contribution in [0.5, 0.6) is 0 Å². The van der Waals surface area contributed by atoms with E-state index in [4.69, 9.17) is 28.9 Å². The number of rotatable bonds is 5. The molecule has 0 aliphatic rings. The van der Waals surface area contributed by atoms with Crippen LogP contribution in [0, 0.1) is 5.92 Å². The number of hydrogen-bond acceptors (Lipinski definition) is 2. The molecule has 0 aromatic heterocycles. The number of carbonyl (C=O) groups excluding carboxylic acids is 1. The molecule has 5 heteroatoms. The molecule has 1 aromatic rings. The zero-order chi connectivity index (χ0) is 13.7. The van der Waals surface area contributed by atoms with Gasteiger partial charge in [0.25, 0.3) is 0 Å². The molecule has 3 nitrogen and oxygen atoms in total. The van der Waals surface area contributed by atoms with Crippen LogP contribution in [-0.2, 0) is 4.79 Å². The van der Waals surface area contributed by atoms with Crippen molar-refractivity contribution in [1.82, 2.24) is 5.32 Å². The minimum absolute atomic E-state index is 0.0486. The third-order valence-corrected chi connectivity index (χ3v) is 3.54. The van der Waals surface area contributed by atoms with E-state index in [1.807, 2.05) is 6.92 Å². The predicted octanol–water partition coefficient (Wildman–Crippen LogP) is 2.81. The topological polar surface area (TPSA) is 55.1 Å². The molecular formula is C13H18Cl2N2O. The first kappa shape index (κ1) is 15.3. The number of nitrogens with one attached hydrogen (secondary N) is 1. The predicted molar refractivity (Wildman–Crippen MR) is 76.1 cm³/mol. The summed E-state index contributed by atoms with van der Waals surface area (Å²) in [6.45, 7) is 4.60. The van der Waals surface area contributed by atoms with Crippen LogP contribution in [-0.4, -0.2) is 19.0 Å². The number of halogens is 2. The fourth-order valence-electron chi connectivity index (χ4n) is 1.62. The molecule has 100 valence electrons. The van der Waals surface area contributed by atoms with Gasteiger partial charge in [0.15, 0.2) is 0 Å². The smallest absolute Gasteiger partial charge is 0.224 e. The van der Waals surface area contributed by atoms with Gasteiger partial charge in [0.05, 0.1) is 0 Å². The zero-order valence-electron chi connectivity index (χ0n) is 10.5. The van der Waals surface area contributed by atoms with E-state index in [1.54, 1.807) is 25.1 Å². The average molecular weight is 289 g/mol. The van der Waals surface area contributed by atoms with Crippen LogP contribution in [0.4, 0.5) is 0 Å². The van der Waals surface area contributed by atoms with Crippen LogP contribution in [0.25, 0.3) is 0 Å². The van der Waals surface area contributed by atoms with Crippen molar-refractivity contribution in [2.75, 3.05) is 13.1 Å². The normalized spacial score (nSPS) is 14.1. The Morgan fingerprint density at radius 2 is 1.89 bits per heavy atom. The summed E-state index contributed by atoms with van der Waals surface area (Å²) in [7, 11) is 0. The van der Waals surface area contributed by atoms with E-state index in [-0.39, 0.29) is 17.7 Å². The van der Waals surface area contributed by atoms with Gasteiger partial charge in [0, 0.05) is 35.0 Å². The second-order valence-electron chi connectivity index (χ2n) is 4.42. The first-order chi connectivity index (χ1) is 8.47. The van der Waals surface area contributed by atoms with E-state index in [0.717, 1.165) is 5.56 Å². The lowest BCUT2D eigenvalue weighted by Crippen LogP contribution is -2.35. The van der Waals surface area contributed by atoms with Gasteiger partial charge < -0.3 is 11.1 Å². The Hall–Kier alpha value is -0.770. The summed E-state index contributed by atoms with van der Waals surface area (Å²) in [5.41, 5.74) is 6.30. The van der Waals surface area contributed by atoms with Crippen molar-refractivity contribution in [2.24, 2.45) is 11.7 Å². The molecule has 2 atom stereocenters. The van der Waals surface area contributed by atoms with E-state index in [1.165, 1.54) is 0 Å². The quantitative estimate of drug-likeness (QED) is 0.875. The zero-order valence-corrected chi connectivity index (χ0v) is 12.1. The van der Waals surface area contributed by atoms with Crippen LogP contribution in [0.3, 0.4) is 0 Å². The summed E-state index contributed by atoms with van der Waals surface area (Å²) in [4.78, 5) is 11.6. The number of amides is 1. The van der Waals surface area contributed by atoms with Crippen molar-refractivity contribution in [3.63, 3.8) is 0 Å². The number of benzene rings is 1. The molecule has 0 aliphatic heterocycles. The van der Waals surface area contributed by atoms with E-state index in [9.17, 15) is 4.79 Å². The Labute approximate surface area is 118 Å². The van der Waals surface area contributed by atoms with Gasteiger partial charge in [-0.15, -0.1) is 0 Å². The van der Waals surface area contributed by atoms with Gasteiger partial charge in [-0.25, -0.2) is 0 Å². The molecule has 3 N–H and O–H groups in total. The number of hydrogen-bond donors (Lipinski definition) is 2. The summed E-state index contributed by atoms with van der Waals surface area (Å²) in [5.74, 6) is -0.174. The first-order valence-corrected chi connectivity index (χ1v) is 6.64. The second-order valence-corrected chi connectivity index (χ2v) is 5.23. The highest BCUT2D eigenvalue weighted by Crippen LogP contribution is 2.30. The van der Waals surface area contributed by atoms with Crippen molar-refractivity contribution in [1.29, 1.82) is 0 Å². The first-order valence-electron chi connectivity index (χ1n) is 5.89. The molecule has 2 unspecified atom stereocenters.